The summed E-state index contributed by atoms with van der Waals surface area (Å²) in [6.07, 6.45) is -0.326. The molecule has 0 saturated carbocycles. The first-order valence-electron chi connectivity index (χ1n) is 5.03. The van der Waals surface area contributed by atoms with Gasteiger partial charge in [-0.1, -0.05) is 0 Å². The molecule has 0 aromatic heterocycles. The lowest BCUT2D eigenvalue weighted by Gasteiger charge is -2.17. The lowest BCUT2D eigenvalue weighted by atomic mass is 10.5. The number of likely N-dealkylation sites (N-methyl/N-ethyl adjacent to an activating group) is 1. The number of aliphatic carboxylic acids is 1. The van der Waals surface area contributed by atoms with Crippen molar-refractivity contribution in [3.05, 3.63) is 0 Å². The first-order chi connectivity index (χ1) is 7.25. The summed E-state index contributed by atoms with van der Waals surface area (Å²) in [6, 6.07) is 0. The number of sulfonamides is 1. The Morgan fingerprint density at radius 2 is 2.00 bits per heavy atom. The molecule has 1 N–H and O–H groups in total. The van der Waals surface area contributed by atoms with Crippen LogP contribution in [0.25, 0.3) is 0 Å². The molecule has 0 aliphatic heterocycles. The van der Waals surface area contributed by atoms with Crippen molar-refractivity contribution < 1.29 is 23.1 Å². The van der Waals surface area contributed by atoms with Crippen molar-refractivity contribution in [3.63, 3.8) is 0 Å². The molecular formula is C9H19NO5S. The Morgan fingerprint density at radius 3 is 2.44 bits per heavy atom. The summed E-state index contributed by atoms with van der Waals surface area (Å²) < 4.78 is 29.4. The van der Waals surface area contributed by atoms with Crippen LogP contribution in [0.2, 0.25) is 0 Å². The maximum absolute atomic E-state index is 11.5. The minimum Gasteiger partial charge on any atom is -0.481 e. The lowest BCUT2D eigenvalue weighted by molar-refractivity contribution is -0.136. The summed E-state index contributed by atoms with van der Waals surface area (Å²) in [5.74, 6) is -1.49. The van der Waals surface area contributed by atoms with E-state index in [1.807, 2.05) is 13.8 Å². The predicted octanol–water partition coefficient (Wildman–Crippen LogP) is 0.148. The second-order valence-electron chi connectivity index (χ2n) is 3.70. The molecule has 0 atom stereocenters. The number of hydrogen-bond donors (Lipinski definition) is 1. The van der Waals surface area contributed by atoms with Crippen molar-refractivity contribution in [1.29, 1.82) is 0 Å². The fraction of sp³-hybridized carbons (Fsp3) is 0.889. The minimum absolute atomic E-state index is 0.0510. The zero-order valence-electron chi connectivity index (χ0n) is 9.84. The van der Waals surface area contributed by atoms with Gasteiger partial charge in [0.2, 0.25) is 10.0 Å². The van der Waals surface area contributed by atoms with E-state index >= 15 is 0 Å². The van der Waals surface area contributed by atoms with Crippen LogP contribution < -0.4 is 0 Å². The lowest BCUT2D eigenvalue weighted by Crippen LogP contribution is -2.33. The van der Waals surface area contributed by atoms with Crippen LogP contribution in [0.1, 0.15) is 20.3 Å². The molecular weight excluding hydrogens is 234 g/mol. The quantitative estimate of drug-likeness (QED) is 0.665. The van der Waals surface area contributed by atoms with Crippen LogP contribution in [-0.2, 0) is 19.6 Å². The molecule has 0 radical (unpaired) electrons. The monoisotopic (exact) mass is 253 g/mol. The Bertz CT molecular complexity index is 312. The first kappa shape index (κ1) is 15.3. The van der Waals surface area contributed by atoms with E-state index < -0.39 is 16.0 Å². The highest BCUT2D eigenvalue weighted by molar-refractivity contribution is 7.89. The van der Waals surface area contributed by atoms with Crippen LogP contribution in [0.15, 0.2) is 0 Å². The molecule has 0 heterocycles. The Morgan fingerprint density at radius 1 is 1.44 bits per heavy atom. The van der Waals surface area contributed by atoms with E-state index in [9.17, 15) is 13.2 Å². The highest BCUT2D eigenvalue weighted by atomic mass is 32.2. The van der Waals surface area contributed by atoms with Crippen LogP contribution in [0.5, 0.6) is 0 Å². The number of ether oxygens (including phenoxy) is 1. The van der Waals surface area contributed by atoms with Crippen molar-refractivity contribution in [2.45, 2.75) is 26.4 Å². The molecule has 0 aliphatic rings. The van der Waals surface area contributed by atoms with Crippen molar-refractivity contribution >= 4 is 16.0 Å². The molecule has 0 aromatic carbocycles. The van der Waals surface area contributed by atoms with Gasteiger partial charge in [0.05, 0.1) is 24.9 Å². The number of hydrogen-bond acceptors (Lipinski definition) is 4. The van der Waals surface area contributed by atoms with Gasteiger partial charge >= 0.3 is 5.97 Å². The van der Waals surface area contributed by atoms with E-state index in [-0.39, 0.29) is 24.8 Å². The van der Waals surface area contributed by atoms with Gasteiger partial charge < -0.3 is 9.84 Å². The number of carboxylic acids is 1. The summed E-state index contributed by atoms with van der Waals surface area (Å²) in [6.45, 7) is 4.26. The summed E-state index contributed by atoms with van der Waals surface area (Å²) in [4.78, 5) is 10.3. The third-order valence-corrected chi connectivity index (χ3v) is 3.76. The van der Waals surface area contributed by atoms with Crippen molar-refractivity contribution in [2.75, 3.05) is 26.0 Å². The number of carbonyl (C=O) groups is 1. The molecule has 0 spiro atoms. The second-order valence-corrected chi connectivity index (χ2v) is 5.90. The summed E-state index contributed by atoms with van der Waals surface area (Å²) >= 11 is 0. The molecule has 0 aromatic rings. The van der Waals surface area contributed by atoms with Gasteiger partial charge in [0.25, 0.3) is 0 Å². The SMILES string of the molecule is CC(C)OCCN(C)S(=O)(=O)CCC(=O)O. The van der Waals surface area contributed by atoms with Crippen LogP contribution in [0, 0.1) is 0 Å². The van der Waals surface area contributed by atoms with Crippen LogP contribution in [-0.4, -0.2) is 55.9 Å². The third kappa shape index (κ3) is 6.76. The van der Waals surface area contributed by atoms with Crippen molar-refractivity contribution in [2.24, 2.45) is 0 Å². The van der Waals surface area contributed by atoms with Gasteiger partial charge in [-0.3, -0.25) is 4.79 Å². The highest BCUT2D eigenvalue weighted by Gasteiger charge is 2.18. The van der Waals surface area contributed by atoms with Crippen molar-refractivity contribution in [1.82, 2.24) is 4.31 Å². The summed E-state index contributed by atoms with van der Waals surface area (Å²) in [5.41, 5.74) is 0. The topological polar surface area (TPSA) is 83.9 Å². The average molecular weight is 253 g/mol. The molecule has 0 fully saturated rings. The Balaban J connectivity index is 4.04. The Hall–Kier alpha value is -0.660. The third-order valence-electron chi connectivity index (χ3n) is 1.91. The molecule has 0 saturated heterocycles. The van der Waals surface area contributed by atoms with E-state index in [2.05, 4.69) is 0 Å². The van der Waals surface area contributed by atoms with E-state index in [0.717, 1.165) is 4.31 Å². The number of rotatable bonds is 8. The average Bonchev–Trinajstić information content (AvgIpc) is 2.14. The molecule has 0 amide bonds. The molecule has 96 valence electrons. The van der Waals surface area contributed by atoms with E-state index in [4.69, 9.17) is 9.84 Å². The fourth-order valence-electron chi connectivity index (χ4n) is 0.928. The summed E-state index contributed by atoms with van der Waals surface area (Å²) in [5, 5.41) is 8.40. The van der Waals surface area contributed by atoms with Gasteiger partial charge in [0.15, 0.2) is 0 Å². The minimum atomic E-state index is -3.48. The van der Waals surface area contributed by atoms with Gasteiger partial charge in [-0.15, -0.1) is 0 Å². The second kappa shape index (κ2) is 6.82. The van der Waals surface area contributed by atoms with E-state index in [0.29, 0.717) is 6.61 Å². The molecule has 0 aliphatic carbocycles. The molecule has 16 heavy (non-hydrogen) atoms. The first-order valence-corrected chi connectivity index (χ1v) is 6.64. The number of nitrogens with zero attached hydrogens (tertiary/aromatic N) is 1. The maximum Gasteiger partial charge on any atom is 0.304 e. The van der Waals surface area contributed by atoms with Crippen LogP contribution in [0.3, 0.4) is 0 Å². The van der Waals surface area contributed by atoms with Crippen LogP contribution in [0.4, 0.5) is 0 Å². The molecule has 6 nitrogen and oxygen atoms in total. The highest BCUT2D eigenvalue weighted by Crippen LogP contribution is 2.01. The van der Waals surface area contributed by atoms with Crippen LogP contribution >= 0.6 is 0 Å². The van der Waals surface area contributed by atoms with Gasteiger partial charge in [-0.25, -0.2) is 12.7 Å². The standard InChI is InChI=1S/C9H19NO5S/c1-8(2)15-6-5-10(3)16(13,14)7-4-9(11)12/h8H,4-7H2,1-3H3,(H,11,12). The Kier molecular flexibility index (Phi) is 6.54. The summed E-state index contributed by atoms with van der Waals surface area (Å²) in [7, 11) is -2.06. The van der Waals surface area contributed by atoms with Gasteiger partial charge in [0.1, 0.15) is 0 Å². The molecule has 0 unspecified atom stereocenters. The normalized spacial score (nSPS) is 12.3. The zero-order chi connectivity index (χ0) is 12.8. The van der Waals surface area contributed by atoms with Crippen molar-refractivity contribution in [3.8, 4) is 0 Å². The van der Waals surface area contributed by atoms with E-state index in [1.54, 1.807) is 0 Å². The molecule has 0 rings (SSSR count). The smallest absolute Gasteiger partial charge is 0.304 e. The maximum atomic E-state index is 11.5. The van der Waals surface area contributed by atoms with Gasteiger partial charge in [-0.2, -0.15) is 0 Å². The van der Waals surface area contributed by atoms with E-state index in [1.165, 1.54) is 7.05 Å². The number of carboxylic acid groups (broad SMARTS) is 1. The Labute approximate surface area is 96.2 Å². The largest absolute Gasteiger partial charge is 0.481 e. The fourth-order valence-corrected chi connectivity index (χ4v) is 2.03. The predicted molar refractivity (Wildman–Crippen MR) is 59.8 cm³/mol. The van der Waals surface area contributed by atoms with Gasteiger partial charge in [0, 0.05) is 13.6 Å². The molecule has 7 heteroatoms. The zero-order valence-corrected chi connectivity index (χ0v) is 10.7. The van der Waals surface area contributed by atoms with Gasteiger partial charge in [-0.05, 0) is 13.8 Å². The molecule has 0 bridgehead atoms.